The molecule has 5 nitrogen and oxygen atoms in total. The Morgan fingerprint density at radius 2 is 1.91 bits per heavy atom. The molecule has 0 spiro atoms. The van der Waals surface area contributed by atoms with Gasteiger partial charge in [0.2, 0.25) is 0 Å². The highest BCUT2D eigenvalue weighted by Gasteiger charge is 2.15. The summed E-state index contributed by atoms with van der Waals surface area (Å²) in [5.41, 5.74) is 1.56. The predicted octanol–water partition coefficient (Wildman–Crippen LogP) is 6.48. The molecule has 1 amide bonds. The Labute approximate surface area is 201 Å². The van der Waals surface area contributed by atoms with Gasteiger partial charge in [0.15, 0.2) is 0 Å². The summed E-state index contributed by atoms with van der Waals surface area (Å²) in [5, 5.41) is 12.3. The zero-order valence-corrected chi connectivity index (χ0v) is 20.0. The minimum Gasteiger partial charge on any atom is -0.497 e. The number of benzene rings is 3. The van der Waals surface area contributed by atoms with E-state index in [9.17, 15) is 14.4 Å². The van der Waals surface area contributed by atoms with Gasteiger partial charge >= 0.3 is 0 Å². The Morgan fingerprint density at radius 1 is 1.16 bits per heavy atom. The first-order chi connectivity index (χ1) is 15.4. The molecule has 0 saturated carbocycles. The van der Waals surface area contributed by atoms with Crippen molar-refractivity contribution < 1.29 is 18.7 Å². The van der Waals surface area contributed by atoms with Gasteiger partial charge in [-0.2, -0.15) is 5.26 Å². The molecule has 0 aliphatic heterocycles. The summed E-state index contributed by atoms with van der Waals surface area (Å²) in [4.78, 5) is 12.7. The Balaban J connectivity index is 1.86. The van der Waals surface area contributed by atoms with E-state index in [1.165, 1.54) is 18.2 Å². The monoisotopic (exact) mass is 558 g/mol. The molecule has 3 aromatic carbocycles. The second kappa shape index (κ2) is 10.9. The fraction of sp³-hybridized carbons (Fsp3) is 0.0833. The number of carbonyl (C=O) groups is 1. The molecular weight excluding hydrogens is 543 g/mol. The van der Waals surface area contributed by atoms with E-state index < -0.39 is 5.91 Å². The number of amides is 1. The smallest absolute Gasteiger partial charge is 0.266 e. The number of anilines is 1. The van der Waals surface area contributed by atoms with Gasteiger partial charge in [-0.3, -0.25) is 4.79 Å². The minimum atomic E-state index is -0.565. The quantitative estimate of drug-likeness (QED) is 0.265. The van der Waals surface area contributed by atoms with Gasteiger partial charge in [-0.15, -0.1) is 0 Å². The summed E-state index contributed by atoms with van der Waals surface area (Å²) in [5.74, 6) is 0.147. The van der Waals surface area contributed by atoms with Crippen LogP contribution >= 0.6 is 31.9 Å². The fourth-order valence-electron chi connectivity index (χ4n) is 2.80. The number of methoxy groups -OCH3 is 1. The number of nitrogens with one attached hydrogen (secondary N) is 1. The lowest BCUT2D eigenvalue weighted by Crippen LogP contribution is -2.13. The van der Waals surface area contributed by atoms with Crippen LogP contribution < -0.4 is 14.8 Å². The highest BCUT2D eigenvalue weighted by atomic mass is 79.9. The highest BCUT2D eigenvalue weighted by Crippen LogP contribution is 2.35. The molecule has 0 heterocycles. The Kier molecular flexibility index (Phi) is 8.03. The van der Waals surface area contributed by atoms with Crippen molar-refractivity contribution in [1.29, 1.82) is 5.26 Å². The van der Waals surface area contributed by atoms with Crippen molar-refractivity contribution in [1.82, 2.24) is 0 Å². The van der Waals surface area contributed by atoms with Crippen LogP contribution in [0.15, 0.2) is 75.2 Å². The number of halogens is 3. The summed E-state index contributed by atoms with van der Waals surface area (Å²) < 4.78 is 25.8. The first kappa shape index (κ1) is 23.5. The van der Waals surface area contributed by atoms with E-state index in [0.717, 1.165) is 4.47 Å². The van der Waals surface area contributed by atoms with Gasteiger partial charge < -0.3 is 14.8 Å². The van der Waals surface area contributed by atoms with Crippen LogP contribution in [0.3, 0.4) is 0 Å². The van der Waals surface area contributed by atoms with Crippen LogP contribution in [0.2, 0.25) is 0 Å². The number of rotatable bonds is 7. The van der Waals surface area contributed by atoms with E-state index in [-0.39, 0.29) is 18.0 Å². The minimum absolute atomic E-state index is 0.110. The number of hydrogen-bond acceptors (Lipinski definition) is 4. The van der Waals surface area contributed by atoms with E-state index >= 15 is 0 Å². The van der Waals surface area contributed by atoms with Crippen LogP contribution in [0.4, 0.5) is 10.1 Å². The van der Waals surface area contributed by atoms with Crippen LogP contribution in [0.1, 0.15) is 11.1 Å². The van der Waals surface area contributed by atoms with Crippen molar-refractivity contribution in [3.05, 3.63) is 92.1 Å². The van der Waals surface area contributed by atoms with Gasteiger partial charge in [0.1, 0.15) is 35.6 Å². The maximum Gasteiger partial charge on any atom is 0.266 e. The van der Waals surface area contributed by atoms with Crippen LogP contribution in [-0.4, -0.2) is 13.0 Å². The molecule has 162 valence electrons. The molecule has 0 aliphatic rings. The molecule has 3 aromatic rings. The molecule has 1 N–H and O–H groups in total. The molecular formula is C24H17Br2FN2O3. The summed E-state index contributed by atoms with van der Waals surface area (Å²) >= 11 is 6.86. The molecule has 0 aliphatic carbocycles. The third kappa shape index (κ3) is 6.19. The van der Waals surface area contributed by atoms with Crippen molar-refractivity contribution in [2.75, 3.05) is 12.4 Å². The van der Waals surface area contributed by atoms with Crippen LogP contribution in [0.5, 0.6) is 11.5 Å². The maximum absolute atomic E-state index is 13.5. The van der Waals surface area contributed by atoms with Gasteiger partial charge in [0.25, 0.3) is 5.91 Å². The van der Waals surface area contributed by atoms with Crippen LogP contribution in [0.25, 0.3) is 6.08 Å². The average Bonchev–Trinajstić information content (AvgIpc) is 2.77. The first-order valence-electron chi connectivity index (χ1n) is 9.33. The second-order valence-electron chi connectivity index (χ2n) is 6.58. The molecule has 8 heteroatoms. The Morgan fingerprint density at radius 3 is 2.56 bits per heavy atom. The topological polar surface area (TPSA) is 71.3 Å². The van der Waals surface area contributed by atoms with Crippen molar-refractivity contribution in [2.24, 2.45) is 0 Å². The van der Waals surface area contributed by atoms with Crippen molar-refractivity contribution in [3.8, 4) is 17.6 Å². The molecule has 0 fully saturated rings. The van der Waals surface area contributed by atoms with Crippen molar-refractivity contribution >= 4 is 49.5 Å². The van der Waals surface area contributed by atoms with Gasteiger partial charge in [-0.1, -0.05) is 28.1 Å². The lowest BCUT2D eigenvalue weighted by Gasteiger charge is -2.13. The first-order valence-corrected chi connectivity index (χ1v) is 10.9. The molecule has 32 heavy (non-hydrogen) atoms. The molecule has 0 unspecified atom stereocenters. The largest absolute Gasteiger partial charge is 0.497 e. The Bertz CT molecular complexity index is 1200. The van der Waals surface area contributed by atoms with E-state index in [4.69, 9.17) is 9.47 Å². The zero-order chi connectivity index (χ0) is 23.1. The van der Waals surface area contributed by atoms with Crippen LogP contribution in [-0.2, 0) is 11.4 Å². The highest BCUT2D eigenvalue weighted by molar-refractivity contribution is 9.11. The van der Waals surface area contributed by atoms with E-state index in [0.29, 0.717) is 32.8 Å². The van der Waals surface area contributed by atoms with E-state index in [1.807, 2.05) is 6.07 Å². The predicted molar refractivity (Wildman–Crippen MR) is 128 cm³/mol. The Hall–Kier alpha value is -3.15. The van der Waals surface area contributed by atoms with Gasteiger partial charge in [0.05, 0.1) is 11.6 Å². The van der Waals surface area contributed by atoms with Gasteiger partial charge in [0, 0.05) is 15.7 Å². The van der Waals surface area contributed by atoms with Gasteiger partial charge in [-0.05, 0) is 76.1 Å². The van der Waals surface area contributed by atoms with E-state index in [2.05, 4.69) is 37.2 Å². The molecule has 0 atom stereocenters. The normalized spacial score (nSPS) is 10.9. The summed E-state index contributed by atoms with van der Waals surface area (Å²) in [6, 6.07) is 18.3. The van der Waals surface area contributed by atoms with Crippen LogP contribution in [0, 0.1) is 17.1 Å². The molecule has 0 saturated heterocycles. The third-order valence-corrected chi connectivity index (χ3v) is 5.37. The summed E-state index contributed by atoms with van der Waals surface area (Å²) in [7, 11) is 1.55. The number of nitrogens with zero attached hydrogens (tertiary/aromatic N) is 1. The molecule has 0 radical (unpaired) electrons. The lowest BCUT2D eigenvalue weighted by molar-refractivity contribution is -0.112. The summed E-state index contributed by atoms with van der Waals surface area (Å²) in [6.45, 7) is 0.110. The maximum atomic E-state index is 13.5. The standard InChI is InChI=1S/C24H17Br2FN2O3/c1-31-21-7-5-20(6-8-21)29-24(30)17(13-28)10-16-11-18(25)12-22(26)23(16)32-14-15-3-2-4-19(27)9-15/h2-12H,14H2,1H3,(H,29,30)/b17-10+. The molecule has 3 rings (SSSR count). The number of carbonyl (C=O) groups excluding carboxylic acids is 1. The third-order valence-electron chi connectivity index (χ3n) is 4.32. The number of ether oxygens (including phenoxy) is 2. The molecule has 0 aromatic heterocycles. The summed E-state index contributed by atoms with van der Waals surface area (Å²) in [6.07, 6.45) is 1.44. The zero-order valence-electron chi connectivity index (χ0n) is 16.9. The SMILES string of the molecule is COc1ccc(NC(=O)/C(C#N)=C/c2cc(Br)cc(Br)c2OCc2cccc(F)c2)cc1. The van der Waals surface area contributed by atoms with Crippen molar-refractivity contribution in [2.45, 2.75) is 6.61 Å². The average molecular weight is 560 g/mol. The van der Waals surface area contributed by atoms with E-state index in [1.54, 1.807) is 55.6 Å². The lowest BCUT2D eigenvalue weighted by atomic mass is 10.1. The number of nitriles is 1. The second-order valence-corrected chi connectivity index (χ2v) is 8.35. The van der Waals surface area contributed by atoms with Crippen molar-refractivity contribution in [3.63, 3.8) is 0 Å². The number of hydrogen-bond donors (Lipinski definition) is 1. The van der Waals surface area contributed by atoms with Gasteiger partial charge in [-0.25, -0.2) is 4.39 Å². The fourth-order valence-corrected chi connectivity index (χ4v) is 4.17. The molecule has 0 bridgehead atoms.